The highest BCUT2D eigenvalue weighted by atomic mass is 79.9. The molecule has 5 nitrogen and oxygen atoms in total. The van der Waals surface area contributed by atoms with Crippen molar-refractivity contribution < 1.29 is 40.2 Å². The number of aromatic nitrogens is 1. The second-order valence-corrected chi connectivity index (χ2v) is 11.5. The fourth-order valence-corrected chi connectivity index (χ4v) is 5.35. The van der Waals surface area contributed by atoms with Crippen LogP contribution in [0.2, 0.25) is 0 Å². The van der Waals surface area contributed by atoms with Crippen LogP contribution < -0.4 is 36.3 Å². The first-order chi connectivity index (χ1) is 19.6. The maximum Gasteiger partial charge on any atom is 0.262 e. The summed E-state index contributed by atoms with van der Waals surface area (Å²) in [5, 5.41) is 6.15. The molecular formula is C33H46BrFN2O3S. The van der Waals surface area contributed by atoms with Gasteiger partial charge in [-0.15, -0.1) is 0 Å². The molecule has 3 rings (SSSR count). The maximum absolute atomic E-state index is 14.5. The molecule has 0 saturated heterocycles. The molecule has 1 N–H and O–H groups in total. The molecule has 0 aliphatic heterocycles. The van der Waals surface area contributed by atoms with Crippen molar-refractivity contribution in [1.82, 2.24) is 0 Å². The minimum atomic E-state index is -0.481. The molecule has 0 radical (unpaired) electrons. The average molecular weight is 650 g/mol. The Hall–Kier alpha value is -2.45. The highest BCUT2D eigenvalue weighted by Crippen LogP contribution is 2.30. The molecule has 0 fully saturated rings. The number of hydrogen-bond donors (Lipinski definition) is 1. The van der Waals surface area contributed by atoms with E-state index in [9.17, 15) is 9.18 Å². The van der Waals surface area contributed by atoms with E-state index < -0.39 is 5.82 Å². The molecular weight excluding hydrogens is 603 g/mol. The first-order valence-electron chi connectivity index (χ1n) is 14.9. The molecule has 1 heterocycles. The molecule has 0 unspecified atom stereocenters. The van der Waals surface area contributed by atoms with Crippen LogP contribution in [-0.2, 0) is 11.3 Å². The number of rotatable bonds is 20. The van der Waals surface area contributed by atoms with E-state index in [1.54, 1.807) is 23.5 Å². The van der Waals surface area contributed by atoms with Gasteiger partial charge in [-0.3, -0.25) is 4.79 Å². The van der Waals surface area contributed by atoms with Gasteiger partial charge >= 0.3 is 0 Å². The number of amides is 1. The number of halogens is 2. The second kappa shape index (κ2) is 20.4. The van der Waals surface area contributed by atoms with Crippen molar-refractivity contribution in [3.05, 3.63) is 70.4 Å². The first kappa shape index (κ1) is 34.7. The van der Waals surface area contributed by atoms with E-state index >= 15 is 0 Å². The highest BCUT2D eigenvalue weighted by molar-refractivity contribution is 7.09. The van der Waals surface area contributed by atoms with Gasteiger partial charge in [-0.25, -0.2) is 4.39 Å². The number of anilines is 1. The molecule has 0 aliphatic carbocycles. The van der Waals surface area contributed by atoms with Crippen molar-refractivity contribution in [3.8, 4) is 11.5 Å². The van der Waals surface area contributed by atoms with E-state index in [2.05, 4.69) is 35.3 Å². The third-order valence-corrected chi connectivity index (χ3v) is 7.81. The van der Waals surface area contributed by atoms with Gasteiger partial charge in [0.2, 0.25) is 5.01 Å². The molecule has 226 valence electrons. The number of unbranched alkanes of at least 4 members (excludes halogenated alkanes) is 11. The number of benzene rings is 2. The molecule has 1 aromatic heterocycles. The Balaban J connectivity index is 0.00000588. The maximum atomic E-state index is 14.5. The van der Waals surface area contributed by atoms with Gasteiger partial charge in [0.15, 0.2) is 36.7 Å². The summed E-state index contributed by atoms with van der Waals surface area (Å²) in [6, 6.07) is 12.3. The summed E-state index contributed by atoms with van der Waals surface area (Å²) in [6.07, 6.45) is 17.1. The van der Waals surface area contributed by atoms with Crippen molar-refractivity contribution in [3.63, 3.8) is 0 Å². The third-order valence-electron chi connectivity index (χ3n) is 6.98. The van der Waals surface area contributed by atoms with Gasteiger partial charge in [0.1, 0.15) is 0 Å². The van der Waals surface area contributed by atoms with Crippen LogP contribution in [0.4, 0.5) is 10.1 Å². The zero-order valence-corrected chi connectivity index (χ0v) is 27.0. The summed E-state index contributed by atoms with van der Waals surface area (Å²) in [7, 11) is 0. The van der Waals surface area contributed by atoms with Crippen LogP contribution >= 0.6 is 11.3 Å². The smallest absolute Gasteiger partial charge is 0.262 e. The molecule has 0 bridgehead atoms. The molecule has 0 atom stereocenters. The molecule has 0 spiro atoms. The molecule has 1 amide bonds. The van der Waals surface area contributed by atoms with Gasteiger partial charge in [0.25, 0.3) is 5.91 Å². The van der Waals surface area contributed by atoms with Crippen LogP contribution in [-0.4, -0.2) is 19.1 Å². The fourth-order valence-electron chi connectivity index (χ4n) is 4.68. The van der Waals surface area contributed by atoms with Gasteiger partial charge in [0, 0.05) is 18.2 Å². The summed E-state index contributed by atoms with van der Waals surface area (Å²) < 4.78 is 28.1. The van der Waals surface area contributed by atoms with Gasteiger partial charge in [-0.2, -0.15) is 4.57 Å². The summed E-state index contributed by atoms with van der Waals surface area (Å²) in [4.78, 5) is 12.6. The van der Waals surface area contributed by atoms with E-state index in [0.717, 1.165) is 24.9 Å². The van der Waals surface area contributed by atoms with E-state index in [-0.39, 0.29) is 41.0 Å². The van der Waals surface area contributed by atoms with Crippen molar-refractivity contribution in [2.75, 3.05) is 18.5 Å². The van der Waals surface area contributed by atoms with Crippen LogP contribution in [0.5, 0.6) is 11.5 Å². The Kier molecular flexibility index (Phi) is 17.3. The Morgan fingerprint density at radius 1 is 0.902 bits per heavy atom. The van der Waals surface area contributed by atoms with E-state index in [1.807, 2.05) is 24.3 Å². The standard InChI is InChI=1S/C33H45FN2O3S.BrH/c1-3-4-5-6-7-8-9-10-11-12-13-14-22-38-33-30(34)19-16-20-31(33)39-26-32(37)35-29-18-15-17-28(24-29)25-36-21-23-40-27(36)2;/h15-21,23-24H,3-14,22,25-26H2,1-2H3;1H. The van der Waals surface area contributed by atoms with E-state index in [1.165, 1.54) is 75.3 Å². The quantitative estimate of drug-likeness (QED) is 0.128. The lowest BCUT2D eigenvalue weighted by Crippen LogP contribution is -3.00. The van der Waals surface area contributed by atoms with Gasteiger partial charge in [0.05, 0.1) is 12.0 Å². The lowest BCUT2D eigenvalue weighted by Gasteiger charge is -2.13. The SMILES string of the molecule is CCCCCCCCCCCCCCOc1c(F)cccc1OCC(=O)Nc1cccc(C[n+]2ccsc2C)c1.[Br-]. The first-order valence-corrected chi connectivity index (χ1v) is 15.8. The Bertz CT molecular complexity index is 1160. The van der Waals surface area contributed by atoms with Crippen molar-refractivity contribution in [1.29, 1.82) is 0 Å². The summed E-state index contributed by atoms with van der Waals surface area (Å²) in [5.41, 5.74) is 1.78. The predicted octanol–water partition coefficient (Wildman–Crippen LogP) is 5.63. The van der Waals surface area contributed by atoms with Crippen LogP contribution in [0, 0.1) is 12.7 Å². The number of nitrogens with zero attached hydrogens (tertiary/aromatic N) is 1. The number of ether oxygens (including phenoxy) is 2. The Morgan fingerprint density at radius 2 is 1.56 bits per heavy atom. The Morgan fingerprint density at radius 3 is 2.22 bits per heavy atom. The lowest BCUT2D eigenvalue weighted by molar-refractivity contribution is -0.689. The van der Waals surface area contributed by atoms with Crippen LogP contribution in [0.15, 0.2) is 54.0 Å². The van der Waals surface area contributed by atoms with Gasteiger partial charge in [-0.05, 0) is 30.7 Å². The molecule has 0 saturated carbocycles. The van der Waals surface area contributed by atoms with Crippen LogP contribution in [0.25, 0.3) is 0 Å². The lowest BCUT2D eigenvalue weighted by atomic mass is 10.1. The van der Waals surface area contributed by atoms with Crippen LogP contribution in [0.3, 0.4) is 0 Å². The molecule has 2 aromatic carbocycles. The molecule has 3 aromatic rings. The van der Waals surface area contributed by atoms with Crippen molar-refractivity contribution >= 4 is 22.9 Å². The number of thiazole rings is 1. The molecule has 41 heavy (non-hydrogen) atoms. The molecule has 8 heteroatoms. The largest absolute Gasteiger partial charge is 1.00 e. The normalized spacial score (nSPS) is 10.7. The summed E-state index contributed by atoms with van der Waals surface area (Å²) in [5.74, 6) is -0.478. The predicted molar refractivity (Wildman–Crippen MR) is 162 cm³/mol. The van der Waals surface area contributed by atoms with Crippen molar-refractivity contribution in [2.24, 2.45) is 0 Å². The van der Waals surface area contributed by atoms with Crippen LogP contribution in [0.1, 0.15) is 94.5 Å². The number of hydrogen-bond acceptors (Lipinski definition) is 4. The fraction of sp³-hybridized carbons (Fsp3) is 0.515. The number of carbonyl (C=O) groups excluding carboxylic acids is 1. The monoisotopic (exact) mass is 648 g/mol. The second-order valence-electron chi connectivity index (χ2n) is 10.4. The summed E-state index contributed by atoms with van der Waals surface area (Å²) in [6.45, 7) is 5.26. The minimum Gasteiger partial charge on any atom is -1.00 e. The zero-order valence-electron chi connectivity index (χ0n) is 24.6. The number of nitrogens with one attached hydrogen (secondary N) is 1. The number of carbonyl (C=O) groups is 1. The number of aryl methyl sites for hydroxylation is 1. The topological polar surface area (TPSA) is 51.4 Å². The minimum absolute atomic E-state index is 0. The Labute approximate surface area is 260 Å². The molecule has 0 aliphatic rings. The third kappa shape index (κ3) is 13.4. The van der Waals surface area contributed by atoms with Crippen molar-refractivity contribution in [2.45, 2.75) is 97.4 Å². The summed E-state index contributed by atoms with van der Waals surface area (Å²) >= 11 is 1.70. The van der Waals surface area contributed by atoms with E-state index in [4.69, 9.17) is 9.47 Å². The zero-order chi connectivity index (χ0) is 28.4. The average Bonchev–Trinajstić information content (AvgIpc) is 3.35. The van der Waals surface area contributed by atoms with Gasteiger partial charge < -0.3 is 31.8 Å². The van der Waals surface area contributed by atoms with E-state index in [0.29, 0.717) is 12.3 Å². The van der Waals surface area contributed by atoms with Gasteiger partial charge in [-0.1, -0.05) is 107 Å². The number of para-hydroxylation sites is 1. The highest BCUT2D eigenvalue weighted by Gasteiger charge is 2.14.